The van der Waals surface area contributed by atoms with Gasteiger partial charge >= 0.3 is 6.18 Å². The van der Waals surface area contributed by atoms with E-state index in [1.54, 1.807) is 29.2 Å². The molecule has 2 aromatic rings. The first-order chi connectivity index (χ1) is 12.4. The van der Waals surface area contributed by atoms with Gasteiger partial charge in [0.1, 0.15) is 0 Å². The number of hydrogen-bond acceptors (Lipinski definition) is 3. The lowest BCUT2D eigenvalue weighted by Crippen LogP contribution is -2.40. The van der Waals surface area contributed by atoms with Gasteiger partial charge in [-0.2, -0.15) is 24.5 Å². The lowest BCUT2D eigenvalue weighted by molar-refractivity contribution is -0.182. The van der Waals surface area contributed by atoms with Crippen molar-refractivity contribution in [3.8, 4) is 0 Å². The Hall–Kier alpha value is -1.47. The van der Waals surface area contributed by atoms with Crippen molar-refractivity contribution < 1.29 is 18.0 Å². The third kappa shape index (κ3) is 5.04. The summed E-state index contributed by atoms with van der Waals surface area (Å²) in [4.78, 5) is 13.5. The van der Waals surface area contributed by atoms with Gasteiger partial charge in [-0.1, -0.05) is 12.1 Å². The summed E-state index contributed by atoms with van der Waals surface area (Å²) in [6.07, 6.45) is -3.20. The van der Waals surface area contributed by atoms with E-state index in [0.717, 1.165) is 10.6 Å². The maximum Gasteiger partial charge on any atom is 0.391 e. The van der Waals surface area contributed by atoms with Crippen LogP contribution in [0.3, 0.4) is 0 Å². The van der Waals surface area contributed by atoms with Crippen LogP contribution in [0.2, 0.25) is 0 Å². The average Bonchev–Trinajstić information content (AvgIpc) is 3.13. The Labute approximate surface area is 159 Å². The maximum atomic E-state index is 12.8. The monoisotopic (exact) mass is 399 g/mol. The third-order valence-corrected chi connectivity index (χ3v) is 6.51. The SMILES string of the molecule is O=C(NC1CCC(C(F)(F)F)CC1)c1ccccc1SCc1ccsc1. The molecule has 0 unspecified atom stereocenters. The van der Waals surface area contributed by atoms with Gasteiger partial charge in [-0.25, -0.2) is 0 Å². The summed E-state index contributed by atoms with van der Waals surface area (Å²) in [7, 11) is 0. The standard InChI is InChI=1S/C19H20F3NOS2/c20-19(21,22)14-5-7-15(8-6-14)23-18(24)16-3-1-2-4-17(16)26-12-13-9-10-25-11-13/h1-4,9-11,14-15H,5-8,12H2,(H,23,24). The van der Waals surface area contributed by atoms with Crippen molar-refractivity contribution in [1.82, 2.24) is 5.32 Å². The minimum Gasteiger partial charge on any atom is -0.349 e. The van der Waals surface area contributed by atoms with Gasteiger partial charge < -0.3 is 5.32 Å². The van der Waals surface area contributed by atoms with E-state index in [1.807, 2.05) is 23.6 Å². The fourth-order valence-corrected chi connectivity index (χ4v) is 4.91. The molecule has 0 atom stereocenters. The van der Waals surface area contributed by atoms with Crippen LogP contribution in [0.1, 0.15) is 41.6 Å². The minimum absolute atomic E-state index is 0.0863. The second-order valence-corrected chi connectivity index (χ2v) is 8.28. The van der Waals surface area contributed by atoms with Crippen molar-refractivity contribution in [3.63, 3.8) is 0 Å². The van der Waals surface area contributed by atoms with Gasteiger partial charge in [0.2, 0.25) is 0 Å². The molecule has 1 amide bonds. The molecule has 7 heteroatoms. The molecule has 1 aromatic heterocycles. The summed E-state index contributed by atoms with van der Waals surface area (Å²) < 4.78 is 38.3. The molecule has 1 N–H and O–H groups in total. The Morgan fingerprint density at radius 3 is 2.54 bits per heavy atom. The highest BCUT2D eigenvalue weighted by Crippen LogP contribution is 2.37. The number of amides is 1. The lowest BCUT2D eigenvalue weighted by atomic mass is 9.85. The number of thioether (sulfide) groups is 1. The van der Waals surface area contributed by atoms with E-state index >= 15 is 0 Å². The Balaban J connectivity index is 1.58. The second-order valence-electron chi connectivity index (χ2n) is 6.48. The number of carbonyl (C=O) groups excluding carboxylic acids is 1. The largest absolute Gasteiger partial charge is 0.391 e. The van der Waals surface area contributed by atoms with Crippen LogP contribution in [0, 0.1) is 5.92 Å². The molecule has 1 saturated carbocycles. The van der Waals surface area contributed by atoms with E-state index < -0.39 is 12.1 Å². The van der Waals surface area contributed by atoms with E-state index in [4.69, 9.17) is 0 Å². The van der Waals surface area contributed by atoms with Gasteiger partial charge in [-0.05, 0) is 60.2 Å². The predicted octanol–water partition coefficient (Wildman–Crippen LogP) is 5.89. The molecular weight excluding hydrogens is 379 g/mol. The topological polar surface area (TPSA) is 29.1 Å². The molecule has 2 nitrogen and oxygen atoms in total. The van der Waals surface area contributed by atoms with Crippen molar-refractivity contribution in [2.24, 2.45) is 5.92 Å². The van der Waals surface area contributed by atoms with Crippen LogP contribution >= 0.6 is 23.1 Å². The number of alkyl halides is 3. The molecule has 1 aromatic carbocycles. The van der Waals surface area contributed by atoms with Crippen molar-refractivity contribution >= 4 is 29.0 Å². The molecule has 140 valence electrons. The van der Waals surface area contributed by atoms with Gasteiger partial charge in [0.25, 0.3) is 5.91 Å². The number of rotatable bonds is 5. The van der Waals surface area contributed by atoms with Crippen LogP contribution in [0.4, 0.5) is 13.2 Å². The van der Waals surface area contributed by atoms with Crippen LogP contribution in [-0.2, 0) is 5.75 Å². The van der Waals surface area contributed by atoms with Gasteiger partial charge in [-0.15, -0.1) is 11.8 Å². The normalized spacial score (nSPS) is 20.7. The number of benzene rings is 1. The maximum absolute atomic E-state index is 12.8. The molecule has 0 saturated heterocycles. The Kier molecular flexibility index (Phi) is 6.29. The highest BCUT2D eigenvalue weighted by Gasteiger charge is 2.41. The fraction of sp³-hybridized carbons (Fsp3) is 0.421. The smallest absolute Gasteiger partial charge is 0.349 e. The zero-order valence-electron chi connectivity index (χ0n) is 14.1. The summed E-state index contributed by atoms with van der Waals surface area (Å²) >= 11 is 3.23. The zero-order chi connectivity index (χ0) is 18.6. The number of carbonyl (C=O) groups is 1. The summed E-state index contributed by atoms with van der Waals surface area (Å²) in [5, 5.41) is 7.02. The van der Waals surface area contributed by atoms with E-state index in [-0.39, 0.29) is 24.8 Å². The molecule has 3 rings (SSSR count). The van der Waals surface area contributed by atoms with Gasteiger partial charge in [-0.3, -0.25) is 4.79 Å². The molecule has 0 aliphatic heterocycles. The first-order valence-corrected chi connectivity index (χ1v) is 10.5. The summed E-state index contributed by atoms with van der Waals surface area (Å²) in [6, 6.07) is 9.25. The number of nitrogens with one attached hydrogen (secondary N) is 1. The predicted molar refractivity (Wildman–Crippen MR) is 99.6 cm³/mol. The van der Waals surface area contributed by atoms with Crippen molar-refractivity contribution in [3.05, 3.63) is 52.2 Å². The molecule has 0 bridgehead atoms. The van der Waals surface area contributed by atoms with Gasteiger partial charge in [0.15, 0.2) is 0 Å². The lowest BCUT2D eigenvalue weighted by Gasteiger charge is -2.30. The molecule has 1 heterocycles. The van der Waals surface area contributed by atoms with E-state index in [9.17, 15) is 18.0 Å². The average molecular weight is 400 g/mol. The molecule has 1 fully saturated rings. The Morgan fingerprint density at radius 1 is 1.15 bits per heavy atom. The number of thiophene rings is 1. The molecule has 1 aliphatic rings. The van der Waals surface area contributed by atoms with Crippen LogP contribution in [0.25, 0.3) is 0 Å². The van der Waals surface area contributed by atoms with Crippen LogP contribution in [0.15, 0.2) is 46.0 Å². The summed E-state index contributed by atoms with van der Waals surface area (Å²) in [6.45, 7) is 0. The highest BCUT2D eigenvalue weighted by atomic mass is 32.2. The highest BCUT2D eigenvalue weighted by molar-refractivity contribution is 7.98. The van der Waals surface area contributed by atoms with Crippen molar-refractivity contribution in [2.75, 3.05) is 0 Å². The second kappa shape index (κ2) is 8.48. The Morgan fingerprint density at radius 2 is 1.88 bits per heavy atom. The van der Waals surface area contributed by atoms with E-state index in [1.165, 1.54) is 5.56 Å². The van der Waals surface area contributed by atoms with E-state index in [2.05, 4.69) is 16.8 Å². The van der Waals surface area contributed by atoms with Gasteiger partial charge in [0.05, 0.1) is 11.5 Å². The molecule has 0 spiro atoms. The van der Waals surface area contributed by atoms with Crippen LogP contribution in [-0.4, -0.2) is 18.1 Å². The summed E-state index contributed by atoms with van der Waals surface area (Å²) in [5.41, 5.74) is 1.80. The number of halogens is 3. The van der Waals surface area contributed by atoms with Crippen molar-refractivity contribution in [1.29, 1.82) is 0 Å². The molecule has 0 radical (unpaired) electrons. The molecular formula is C19H20F3NOS2. The van der Waals surface area contributed by atoms with Crippen molar-refractivity contribution in [2.45, 2.75) is 48.5 Å². The first kappa shape index (κ1) is 19.3. The van der Waals surface area contributed by atoms with E-state index in [0.29, 0.717) is 18.4 Å². The zero-order valence-corrected chi connectivity index (χ0v) is 15.7. The van der Waals surface area contributed by atoms with Gasteiger partial charge in [0, 0.05) is 16.7 Å². The van der Waals surface area contributed by atoms with Crippen LogP contribution in [0.5, 0.6) is 0 Å². The minimum atomic E-state index is -4.13. The Bertz CT molecular complexity index is 723. The fourth-order valence-electron chi connectivity index (χ4n) is 3.14. The quantitative estimate of drug-likeness (QED) is 0.635. The number of hydrogen-bond donors (Lipinski definition) is 1. The first-order valence-electron chi connectivity index (χ1n) is 8.54. The third-order valence-electron chi connectivity index (χ3n) is 4.63. The van der Waals surface area contributed by atoms with Crippen LogP contribution < -0.4 is 5.32 Å². The molecule has 26 heavy (non-hydrogen) atoms. The molecule has 1 aliphatic carbocycles. The summed E-state index contributed by atoms with van der Waals surface area (Å²) in [5.74, 6) is -0.650.